The Hall–Kier alpha value is -2.81. The fourth-order valence-electron chi connectivity index (χ4n) is 3.53. The maximum absolute atomic E-state index is 13.6. The number of halogens is 2. The molecule has 0 spiro atoms. The van der Waals surface area contributed by atoms with Crippen LogP contribution >= 0.6 is 0 Å². The second kappa shape index (κ2) is 11.3. The van der Waals surface area contributed by atoms with Gasteiger partial charge in [0.15, 0.2) is 0 Å². The van der Waals surface area contributed by atoms with Gasteiger partial charge in [-0.15, -0.1) is 0 Å². The van der Waals surface area contributed by atoms with Gasteiger partial charge in [0.05, 0.1) is 35.3 Å². The van der Waals surface area contributed by atoms with Crippen LogP contribution in [0.25, 0.3) is 5.69 Å². The lowest BCUT2D eigenvalue weighted by Crippen LogP contribution is -2.40. The molecule has 1 atom stereocenters. The summed E-state index contributed by atoms with van der Waals surface area (Å²) in [7, 11) is 0. The fourth-order valence-corrected chi connectivity index (χ4v) is 3.53. The number of aromatic nitrogens is 2. The molecule has 0 radical (unpaired) electrons. The van der Waals surface area contributed by atoms with E-state index in [1.165, 1.54) is 24.3 Å². The van der Waals surface area contributed by atoms with E-state index in [4.69, 9.17) is 9.47 Å². The molecule has 6 nitrogen and oxygen atoms in total. The van der Waals surface area contributed by atoms with Crippen LogP contribution in [0.15, 0.2) is 48.5 Å². The summed E-state index contributed by atoms with van der Waals surface area (Å²) in [4.78, 5) is 2.12. The zero-order valence-electron chi connectivity index (χ0n) is 21.3. The van der Waals surface area contributed by atoms with Crippen LogP contribution in [0.1, 0.15) is 45.9 Å². The fraction of sp³-hybridized carbons (Fsp3) is 0.444. The Balaban J connectivity index is 1.94. The Bertz CT molecular complexity index is 1090. The van der Waals surface area contributed by atoms with Crippen molar-refractivity contribution in [2.75, 3.05) is 13.2 Å². The van der Waals surface area contributed by atoms with E-state index in [1.807, 2.05) is 27.7 Å². The Labute approximate surface area is 206 Å². The van der Waals surface area contributed by atoms with E-state index in [1.54, 1.807) is 28.9 Å². The highest BCUT2D eigenvalue weighted by Gasteiger charge is 2.24. The molecule has 1 heterocycles. The summed E-state index contributed by atoms with van der Waals surface area (Å²) in [6.07, 6.45) is -0.675. The van der Waals surface area contributed by atoms with Crippen molar-refractivity contribution in [2.24, 2.45) is 0 Å². The van der Waals surface area contributed by atoms with E-state index in [0.29, 0.717) is 30.4 Å². The molecule has 8 heteroatoms. The summed E-state index contributed by atoms with van der Waals surface area (Å²) in [5, 5.41) is 15.3. The van der Waals surface area contributed by atoms with Gasteiger partial charge in [-0.1, -0.05) is 0 Å². The van der Waals surface area contributed by atoms with Gasteiger partial charge >= 0.3 is 0 Å². The van der Waals surface area contributed by atoms with E-state index < -0.39 is 6.10 Å². The van der Waals surface area contributed by atoms with Crippen LogP contribution in [0.4, 0.5) is 8.78 Å². The zero-order chi connectivity index (χ0) is 25.8. The van der Waals surface area contributed by atoms with Gasteiger partial charge in [0.2, 0.25) is 5.88 Å². The van der Waals surface area contributed by atoms with Crippen molar-refractivity contribution in [3.05, 3.63) is 71.4 Å². The Morgan fingerprint density at radius 2 is 1.57 bits per heavy atom. The SMILES string of the molecule is Cc1nn(-c2ccc(F)cc2)c(Oc2ccc(F)cc2)c1CN(CC(O)COC(C)(C)C)C(C)C. The lowest BCUT2D eigenvalue weighted by Gasteiger charge is -2.30. The van der Waals surface area contributed by atoms with Gasteiger partial charge in [-0.2, -0.15) is 5.10 Å². The van der Waals surface area contributed by atoms with Crippen LogP contribution in [0, 0.1) is 18.6 Å². The number of aryl methyl sites for hydroxylation is 1. The number of nitrogens with zero attached hydrogens (tertiary/aromatic N) is 3. The number of ether oxygens (including phenoxy) is 2. The first kappa shape index (κ1) is 26.8. The smallest absolute Gasteiger partial charge is 0.227 e. The average Bonchev–Trinajstić information content (AvgIpc) is 3.08. The highest BCUT2D eigenvalue weighted by Crippen LogP contribution is 2.32. The van der Waals surface area contributed by atoms with Crippen molar-refractivity contribution >= 4 is 0 Å². The first-order valence-corrected chi connectivity index (χ1v) is 11.8. The summed E-state index contributed by atoms with van der Waals surface area (Å²) < 4.78 is 40.6. The number of rotatable bonds is 10. The maximum Gasteiger partial charge on any atom is 0.227 e. The first-order chi connectivity index (χ1) is 16.4. The van der Waals surface area contributed by atoms with Crippen LogP contribution in [0.2, 0.25) is 0 Å². The maximum atomic E-state index is 13.6. The minimum Gasteiger partial charge on any atom is -0.439 e. The molecule has 35 heavy (non-hydrogen) atoms. The summed E-state index contributed by atoms with van der Waals surface area (Å²) in [5.74, 6) is 0.187. The van der Waals surface area contributed by atoms with E-state index in [9.17, 15) is 13.9 Å². The van der Waals surface area contributed by atoms with Crippen molar-refractivity contribution in [3.8, 4) is 17.3 Å². The molecule has 0 aliphatic carbocycles. The molecule has 0 saturated carbocycles. The highest BCUT2D eigenvalue weighted by atomic mass is 19.1. The average molecular weight is 488 g/mol. The lowest BCUT2D eigenvalue weighted by molar-refractivity contribution is -0.0587. The monoisotopic (exact) mass is 487 g/mol. The number of hydrogen-bond acceptors (Lipinski definition) is 5. The summed E-state index contributed by atoms with van der Waals surface area (Å²) in [6, 6.07) is 11.8. The third-order valence-corrected chi connectivity index (χ3v) is 5.48. The van der Waals surface area contributed by atoms with Gasteiger partial charge in [0.25, 0.3) is 0 Å². The van der Waals surface area contributed by atoms with Gasteiger partial charge in [0, 0.05) is 19.1 Å². The van der Waals surface area contributed by atoms with Crippen molar-refractivity contribution in [3.63, 3.8) is 0 Å². The Morgan fingerprint density at radius 3 is 2.11 bits per heavy atom. The van der Waals surface area contributed by atoms with Gasteiger partial charge in [-0.25, -0.2) is 13.5 Å². The molecule has 3 aromatic rings. The summed E-state index contributed by atoms with van der Waals surface area (Å²) in [6.45, 7) is 12.9. The largest absolute Gasteiger partial charge is 0.439 e. The number of hydrogen-bond donors (Lipinski definition) is 1. The van der Waals surface area contributed by atoms with Gasteiger partial charge in [0.1, 0.15) is 17.4 Å². The highest BCUT2D eigenvalue weighted by molar-refractivity contribution is 5.43. The van der Waals surface area contributed by atoms with Crippen molar-refractivity contribution in [2.45, 2.75) is 65.8 Å². The van der Waals surface area contributed by atoms with E-state index >= 15 is 0 Å². The molecule has 0 fully saturated rings. The summed E-state index contributed by atoms with van der Waals surface area (Å²) in [5.41, 5.74) is 1.84. The minimum atomic E-state index is -0.675. The number of benzene rings is 2. The predicted molar refractivity (Wildman–Crippen MR) is 132 cm³/mol. The molecule has 0 aliphatic rings. The van der Waals surface area contributed by atoms with Crippen LogP contribution < -0.4 is 4.74 Å². The van der Waals surface area contributed by atoms with E-state index in [-0.39, 0.29) is 29.9 Å². The molecule has 0 aliphatic heterocycles. The normalized spacial score (nSPS) is 13.0. The molecule has 0 saturated heterocycles. The van der Waals surface area contributed by atoms with Crippen molar-refractivity contribution in [1.82, 2.24) is 14.7 Å². The molecule has 0 bridgehead atoms. The second-order valence-corrected chi connectivity index (χ2v) is 9.91. The zero-order valence-corrected chi connectivity index (χ0v) is 21.3. The number of aliphatic hydroxyl groups is 1. The Morgan fingerprint density at radius 1 is 1.00 bits per heavy atom. The Kier molecular flexibility index (Phi) is 8.64. The molecule has 1 unspecified atom stereocenters. The van der Waals surface area contributed by atoms with Crippen molar-refractivity contribution < 1.29 is 23.4 Å². The minimum absolute atomic E-state index is 0.117. The van der Waals surface area contributed by atoms with E-state index in [0.717, 1.165) is 11.3 Å². The van der Waals surface area contributed by atoms with Crippen LogP contribution in [0.3, 0.4) is 0 Å². The molecule has 1 N–H and O–H groups in total. The molecule has 1 aromatic heterocycles. The third-order valence-electron chi connectivity index (χ3n) is 5.48. The van der Waals surface area contributed by atoms with Crippen LogP contribution in [-0.2, 0) is 11.3 Å². The topological polar surface area (TPSA) is 59.8 Å². The molecule has 3 rings (SSSR count). The number of aliphatic hydroxyl groups excluding tert-OH is 1. The standard InChI is InChI=1S/C27H35F2N3O3/c1-18(2)31(15-23(33)17-34-27(4,5)6)16-25-19(3)30-32(22-11-7-20(28)8-12-22)26(25)35-24-13-9-21(29)10-14-24/h7-14,18,23,33H,15-17H2,1-6H3. The van der Waals surface area contributed by atoms with Crippen LogP contribution in [0.5, 0.6) is 11.6 Å². The molecule has 2 aromatic carbocycles. The second-order valence-electron chi connectivity index (χ2n) is 9.91. The first-order valence-electron chi connectivity index (χ1n) is 11.8. The molecule has 190 valence electrons. The predicted octanol–water partition coefficient (Wildman–Crippen LogP) is 5.64. The van der Waals surface area contributed by atoms with E-state index in [2.05, 4.69) is 23.8 Å². The quantitative estimate of drug-likeness (QED) is 0.401. The third kappa shape index (κ3) is 7.59. The van der Waals surface area contributed by atoms with Crippen molar-refractivity contribution in [1.29, 1.82) is 0 Å². The van der Waals surface area contributed by atoms with Crippen LogP contribution in [-0.4, -0.2) is 50.7 Å². The summed E-state index contributed by atoms with van der Waals surface area (Å²) >= 11 is 0. The molecule has 0 amide bonds. The van der Waals surface area contributed by atoms with Gasteiger partial charge < -0.3 is 14.6 Å². The van der Waals surface area contributed by atoms with Gasteiger partial charge in [-0.05, 0) is 90.1 Å². The lowest BCUT2D eigenvalue weighted by atomic mass is 10.1. The van der Waals surface area contributed by atoms with Gasteiger partial charge in [-0.3, -0.25) is 4.90 Å². The molecular weight excluding hydrogens is 452 g/mol. The molecular formula is C27H35F2N3O3.